The number of anilines is 1. The summed E-state index contributed by atoms with van der Waals surface area (Å²) in [6, 6.07) is 12.1. The molecule has 3 aromatic rings. The molecule has 0 saturated carbocycles. The molecule has 0 spiro atoms. The number of nitrogens with one attached hydrogen (secondary N) is 2. The topological polar surface area (TPSA) is 110 Å². The van der Waals surface area contributed by atoms with E-state index in [1.54, 1.807) is 42.5 Å². The third kappa shape index (κ3) is 4.85. The normalized spacial score (nSPS) is 10.4. The lowest BCUT2D eigenvalue weighted by molar-refractivity contribution is -0.146. The Morgan fingerprint density at radius 1 is 1.07 bits per heavy atom. The molecule has 0 aliphatic heterocycles. The molecule has 0 aliphatic rings. The molecule has 2 N–H and O–H groups in total. The smallest absolute Gasteiger partial charge is 0.325 e. The highest BCUT2D eigenvalue weighted by molar-refractivity contribution is 7.00. The van der Waals surface area contributed by atoms with Crippen molar-refractivity contribution in [3.63, 3.8) is 0 Å². The fourth-order valence-electron chi connectivity index (χ4n) is 2.25. The molecule has 0 aliphatic carbocycles. The molecule has 0 saturated heterocycles. The minimum absolute atomic E-state index is 0.328. The van der Waals surface area contributed by atoms with Gasteiger partial charge in [-0.15, -0.1) is 0 Å². The zero-order valence-corrected chi connectivity index (χ0v) is 15.2. The van der Waals surface area contributed by atoms with Gasteiger partial charge in [0.2, 0.25) is 0 Å². The first kappa shape index (κ1) is 18.5. The van der Waals surface area contributed by atoms with Crippen LogP contribution in [0.5, 0.6) is 0 Å². The maximum Gasteiger partial charge on any atom is 0.325 e. The largest absolute Gasteiger partial charge is 0.454 e. The van der Waals surface area contributed by atoms with E-state index in [4.69, 9.17) is 4.74 Å². The van der Waals surface area contributed by atoms with Gasteiger partial charge in [0.1, 0.15) is 17.6 Å². The lowest BCUT2D eigenvalue weighted by Gasteiger charge is -2.08. The average Bonchev–Trinajstić information content (AvgIpc) is 3.15. The van der Waals surface area contributed by atoms with Gasteiger partial charge >= 0.3 is 5.97 Å². The molecule has 0 fully saturated rings. The lowest BCUT2D eigenvalue weighted by Crippen LogP contribution is -2.32. The lowest BCUT2D eigenvalue weighted by atomic mass is 10.1. The molecule has 8 nitrogen and oxygen atoms in total. The Balaban J connectivity index is 1.44. The Morgan fingerprint density at radius 2 is 1.85 bits per heavy atom. The SMILES string of the molecule is Cc1ccc(C(=O)NCC(=O)OCC(=O)Nc2cccc3nsnc23)cc1. The molecule has 27 heavy (non-hydrogen) atoms. The number of aromatic nitrogens is 2. The number of nitrogens with zero attached hydrogens (tertiary/aromatic N) is 2. The van der Waals surface area contributed by atoms with Gasteiger partial charge in [-0.3, -0.25) is 14.4 Å². The van der Waals surface area contributed by atoms with Crippen LogP contribution in [-0.4, -0.2) is 39.7 Å². The van der Waals surface area contributed by atoms with Crippen molar-refractivity contribution in [1.29, 1.82) is 0 Å². The fourth-order valence-corrected chi connectivity index (χ4v) is 2.80. The molecule has 0 bridgehead atoms. The highest BCUT2D eigenvalue weighted by atomic mass is 32.1. The van der Waals surface area contributed by atoms with Crippen molar-refractivity contribution >= 4 is 46.2 Å². The van der Waals surface area contributed by atoms with Gasteiger partial charge in [-0.2, -0.15) is 8.75 Å². The molecule has 2 amide bonds. The Hall–Kier alpha value is -3.33. The number of aryl methyl sites for hydroxylation is 1. The molecule has 9 heteroatoms. The number of amides is 2. The van der Waals surface area contributed by atoms with E-state index in [9.17, 15) is 14.4 Å². The Morgan fingerprint density at radius 3 is 2.63 bits per heavy atom. The third-order valence-corrected chi connectivity index (χ3v) is 4.17. The van der Waals surface area contributed by atoms with Gasteiger partial charge in [-0.05, 0) is 31.2 Å². The van der Waals surface area contributed by atoms with Crippen molar-refractivity contribution in [2.45, 2.75) is 6.92 Å². The summed E-state index contributed by atoms with van der Waals surface area (Å²) in [5.41, 5.74) is 3.22. The number of ether oxygens (including phenoxy) is 1. The predicted octanol–water partition coefficient (Wildman–Crippen LogP) is 1.91. The van der Waals surface area contributed by atoms with Crippen LogP contribution in [0.1, 0.15) is 15.9 Å². The molecule has 1 aromatic heterocycles. The second-order valence-corrected chi connectivity index (χ2v) is 6.22. The number of rotatable bonds is 6. The van der Waals surface area contributed by atoms with Crippen molar-refractivity contribution in [2.75, 3.05) is 18.5 Å². The van der Waals surface area contributed by atoms with Crippen molar-refractivity contribution in [2.24, 2.45) is 0 Å². The number of esters is 1. The molecular weight excluding hydrogens is 368 g/mol. The molecule has 0 unspecified atom stereocenters. The minimum atomic E-state index is -0.709. The van der Waals surface area contributed by atoms with E-state index < -0.39 is 18.5 Å². The van der Waals surface area contributed by atoms with Crippen LogP contribution in [0.15, 0.2) is 42.5 Å². The summed E-state index contributed by atoms with van der Waals surface area (Å²) >= 11 is 1.04. The summed E-state index contributed by atoms with van der Waals surface area (Å²) in [7, 11) is 0. The van der Waals surface area contributed by atoms with E-state index in [0.717, 1.165) is 17.3 Å². The van der Waals surface area contributed by atoms with E-state index in [0.29, 0.717) is 22.3 Å². The minimum Gasteiger partial charge on any atom is -0.454 e. The first-order valence-electron chi connectivity index (χ1n) is 8.04. The van der Waals surface area contributed by atoms with Crippen LogP contribution in [0.2, 0.25) is 0 Å². The quantitative estimate of drug-likeness (QED) is 0.628. The molecule has 0 radical (unpaired) electrons. The second kappa shape index (κ2) is 8.37. The van der Waals surface area contributed by atoms with Gasteiger partial charge in [0, 0.05) is 5.56 Å². The standard InChI is InChI=1S/C18H16N4O4S/c1-11-5-7-12(8-6-11)18(25)19-9-16(24)26-10-15(23)20-13-3-2-4-14-17(13)22-27-21-14/h2-8H,9-10H2,1H3,(H,19,25)(H,20,23). The van der Waals surface area contributed by atoms with Crippen LogP contribution in [-0.2, 0) is 14.3 Å². The molecule has 138 valence electrons. The highest BCUT2D eigenvalue weighted by Gasteiger charge is 2.12. The Labute approximate surface area is 158 Å². The number of carbonyl (C=O) groups is 3. The number of fused-ring (bicyclic) bond motifs is 1. The third-order valence-electron chi connectivity index (χ3n) is 3.63. The van der Waals surface area contributed by atoms with Crippen LogP contribution >= 0.6 is 11.7 Å². The van der Waals surface area contributed by atoms with Crippen LogP contribution < -0.4 is 10.6 Å². The van der Waals surface area contributed by atoms with E-state index in [1.165, 1.54) is 0 Å². The summed E-state index contributed by atoms with van der Waals surface area (Å²) in [4.78, 5) is 35.6. The molecule has 1 heterocycles. The van der Waals surface area contributed by atoms with Crippen LogP contribution in [0.4, 0.5) is 5.69 Å². The zero-order valence-electron chi connectivity index (χ0n) is 14.4. The first-order valence-corrected chi connectivity index (χ1v) is 8.77. The van der Waals surface area contributed by atoms with E-state index in [2.05, 4.69) is 19.4 Å². The van der Waals surface area contributed by atoms with E-state index >= 15 is 0 Å². The first-order chi connectivity index (χ1) is 13.0. The number of carbonyl (C=O) groups excluding carboxylic acids is 3. The number of hydrogen-bond acceptors (Lipinski definition) is 7. The van der Waals surface area contributed by atoms with Crippen LogP contribution in [0.3, 0.4) is 0 Å². The van der Waals surface area contributed by atoms with Crippen molar-refractivity contribution in [1.82, 2.24) is 14.1 Å². The van der Waals surface area contributed by atoms with Gasteiger partial charge < -0.3 is 15.4 Å². The summed E-state index contributed by atoms with van der Waals surface area (Å²) in [6.07, 6.45) is 0. The Kier molecular flexibility index (Phi) is 5.72. The number of benzene rings is 2. The summed E-state index contributed by atoms with van der Waals surface area (Å²) in [5, 5.41) is 5.07. The van der Waals surface area contributed by atoms with Crippen molar-refractivity contribution < 1.29 is 19.1 Å². The van der Waals surface area contributed by atoms with Gasteiger partial charge in [-0.1, -0.05) is 23.8 Å². The average molecular weight is 384 g/mol. The van der Waals surface area contributed by atoms with Gasteiger partial charge in [0.05, 0.1) is 17.4 Å². The van der Waals surface area contributed by atoms with E-state index in [1.807, 2.05) is 6.92 Å². The summed E-state index contributed by atoms with van der Waals surface area (Å²) in [5.74, 6) is -1.60. The fraction of sp³-hybridized carbons (Fsp3) is 0.167. The maximum absolute atomic E-state index is 12.0. The number of hydrogen-bond donors (Lipinski definition) is 2. The van der Waals surface area contributed by atoms with Gasteiger partial charge in [-0.25, -0.2) is 0 Å². The maximum atomic E-state index is 12.0. The predicted molar refractivity (Wildman–Crippen MR) is 101 cm³/mol. The van der Waals surface area contributed by atoms with Gasteiger partial charge in [0.15, 0.2) is 6.61 Å². The molecule has 2 aromatic carbocycles. The molecule has 3 rings (SSSR count). The summed E-state index contributed by atoms with van der Waals surface area (Å²) < 4.78 is 13.1. The monoisotopic (exact) mass is 384 g/mol. The van der Waals surface area contributed by atoms with Crippen molar-refractivity contribution in [3.05, 3.63) is 53.6 Å². The van der Waals surface area contributed by atoms with Gasteiger partial charge in [0.25, 0.3) is 11.8 Å². The molecular formula is C18H16N4O4S. The highest BCUT2D eigenvalue weighted by Crippen LogP contribution is 2.20. The zero-order chi connectivity index (χ0) is 19.2. The van der Waals surface area contributed by atoms with Crippen molar-refractivity contribution in [3.8, 4) is 0 Å². The van der Waals surface area contributed by atoms with Crippen LogP contribution in [0.25, 0.3) is 11.0 Å². The van der Waals surface area contributed by atoms with Crippen LogP contribution in [0, 0.1) is 6.92 Å². The molecule has 0 atom stereocenters. The van der Waals surface area contributed by atoms with E-state index in [-0.39, 0.29) is 12.5 Å². The summed E-state index contributed by atoms with van der Waals surface area (Å²) in [6.45, 7) is 1.12. The Bertz CT molecular complexity index is 984. The second-order valence-electron chi connectivity index (χ2n) is 5.70.